The number of carbonyl (C=O) groups excluding carboxylic acids is 2. The van der Waals surface area contributed by atoms with Crippen molar-refractivity contribution in [3.8, 4) is 0 Å². The number of esters is 1. The first-order valence-electron chi connectivity index (χ1n) is 8.16. The molecule has 2 heterocycles. The zero-order valence-corrected chi connectivity index (χ0v) is 16.7. The van der Waals surface area contributed by atoms with Gasteiger partial charge in [0.15, 0.2) is 12.4 Å². The lowest BCUT2D eigenvalue weighted by Gasteiger charge is -2.06. The van der Waals surface area contributed by atoms with Gasteiger partial charge in [-0.3, -0.25) is 9.59 Å². The third kappa shape index (κ3) is 4.51. The number of halogens is 1. The molecule has 5 nitrogen and oxygen atoms in total. The van der Waals surface area contributed by atoms with Crippen LogP contribution in [0.3, 0.4) is 0 Å². The Morgan fingerprint density at radius 2 is 1.85 bits per heavy atom. The first-order chi connectivity index (χ1) is 12.8. The smallest absolute Gasteiger partial charge is 0.316 e. The summed E-state index contributed by atoms with van der Waals surface area (Å²) < 4.78 is 17.9. The molecule has 2 aromatic heterocycles. The van der Waals surface area contributed by atoms with Crippen molar-refractivity contribution in [2.75, 3.05) is 12.4 Å². The van der Waals surface area contributed by atoms with Crippen molar-refractivity contribution in [1.29, 1.82) is 0 Å². The van der Waals surface area contributed by atoms with Crippen molar-refractivity contribution in [1.82, 2.24) is 9.97 Å². The molecule has 0 fully saturated rings. The molecule has 0 aliphatic carbocycles. The third-order valence-electron chi connectivity index (χ3n) is 3.96. The number of benzene rings is 1. The van der Waals surface area contributed by atoms with E-state index in [0.29, 0.717) is 11.4 Å². The van der Waals surface area contributed by atoms with Gasteiger partial charge in [-0.25, -0.2) is 14.4 Å². The van der Waals surface area contributed by atoms with Gasteiger partial charge in [0.1, 0.15) is 21.5 Å². The molecule has 0 saturated carbocycles. The Bertz CT molecular complexity index is 1020. The van der Waals surface area contributed by atoms with Gasteiger partial charge in [-0.2, -0.15) is 0 Å². The fraction of sp³-hybridized carbons (Fsp3) is 0.263. The number of rotatable bonds is 6. The van der Waals surface area contributed by atoms with Crippen LogP contribution in [0.5, 0.6) is 0 Å². The quantitative estimate of drug-likeness (QED) is 0.264. The summed E-state index contributed by atoms with van der Waals surface area (Å²) in [5.41, 5.74) is 1.41. The molecule has 0 unspecified atom stereocenters. The monoisotopic (exact) mass is 404 g/mol. The van der Waals surface area contributed by atoms with Crippen molar-refractivity contribution in [2.45, 2.75) is 25.8 Å². The molecule has 0 spiro atoms. The van der Waals surface area contributed by atoms with Crippen LogP contribution >= 0.6 is 23.1 Å². The topological polar surface area (TPSA) is 69.2 Å². The fourth-order valence-electron chi connectivity index (χ4n) is 2.45. The number of Topliss-reactive ketones (excluding diaryl/α,β-unsaturated/α-hetero) is 1. The van der Waals surface area contributed by atoms with E-state index in [2.05, 4.69) is 9.97 Å². The molecule has 3 rings (SSSR count). The Morgan fingerprint density at radius 1 is 1.15 bits per heavy atom. The van der Waals surface area contributed by atoms with Crippen LogP contribution in [0.4, 0.5) is 4.39 Å². The van der Waals surface area contributed by atoms with E-state index in [1.165, 1.54) is 40.9 Å². The number of thioether (sulfide) groups is 1. The number of ether oxygens (including phenoxy) is 1. The van der Waals surface area contributed by atoms with Gasteiger partial charge in [-0.15, -0.1) is 11.3 Å². The van der Waals surface area contributed by atoms with Gasteiger partial charge in [-0.1, -0.05) is 11.8 Å². The average molecular weight is 404 g/mol. The van der Waals surface area contributed by atoms with E-state index in [1.54, 1.807) is 11.3 Å². The molecule has 0 radical (unpaired) electrons. The number of aryl methyl sites for hydroxylation is 3. The van der Waals surface area contributed by atoms with E-state index in [-0.39, 0.29) is 18.1 Å². The van der Waals surface area contributed by atoms with Crippen molar-refractivity contribution in [3.05, 3.63) is 51.9 Å². The Labute approximate surface area is 164 Å². The lowest BCUT2D eigenvalue weighted by Crippen LogP contribution is -2.15. The zero-order chi connectivity index (χ0) is 19.6. The van der Waals surface area contributed by atoms with E-state index in [1.807, 2.05) is 20.8 Å². The van der Waals surface area contributed by atoms with Crippen LogP contribution < -0.4 is 0 Å². The number of thiophene rings is 1. The molecule has 1 aromatic carbocycles. The maximum absolute atomic E-state index is 12.9. The first-order valence-corrected chi connectivity index (χ1v) is 9.97. The highest BCUT2D eigenvalue weighted by Crippen LogP contribution is 2.35. The van der Waals surface area contributed by atoms with Crippen LogP contribution in [0.15, 0.2) is 29.3 Å². The van der Waals surface area contributed by atoms with E-state index < -0.39 is 11.8 Å². The predicted molar refractivity (Wildman–Crippen MR) is 104 cm³/mol. The maximum Gasteiger partial charge on any atom is 0.316 e. The van der Waals surface area contributed by atoms with Crippen molar-refractivity contribution < 1.29 is 18.7 Å². The number of fused-ring (bicyclic) bond motifs is 1. The Hall–Kier alpha value is -2.32. The lowest BCUT2D eigenvalue weighted by atomic mass is 10.1. The van der Waals surface area contributed by atoms with Gasteiger partial charge in [0.25, 0.3) is 0 Å². The molecule has 0 saturated heterocycles. The SMILES string of the molecule is Cc1nc(SCC(=O)OCC(=O)c2ccc(F)cc2)c2c(C)c(C)sc2n1. The molecule has 0 aliphatic heterocycles. The molecule has 140 valence electrons. The summed E-state index contributed by atoms with van der Waals surface area (Å²) in [6.07, 6.45) is 0. The molecule has 0 amide bonds. The Balaban J connectivity index is 1.62. The second-order valence-corrected chi connectivity index (χ2v) is 8.09. The van der Waals surface area contributed by atoms with Gasteiger partial charge in [0, 0.05) is 15.8 Å². The normalized spacial score (nSPS) is 11.0. The highest BCUT2D eigenvalue weighted by Gasteiger charge is 2.16. The van der Waals surface area contributed by atoms with Crippen LogP contribution in [0.1, 0.15) is 26.6 Å². The summed E-state index contributed by atoms with van der Waals surface area (Å²) in [7, 11) is 0. The number of nitrogens with zero attached hydrogens (tertiary/aromatic N) is 2. The molecule has 0 N–H and O–H groups in total. The molecule has 3 aromatic rings. The molecular weight excluding hydrogens is 387 g/mol. The maximum atomic E-state index is 12.9. The van der Waals surface area contributed by atoms with Gasteiger partial charge in [0.2, 0.25) is 0 Å². The second kappa shape index (κ2) is 8.14. The average Bonchev–Trinajstić information content (AvgIpc) is 2.92. The van der Waals surface area contributed by atoms with E-state index in [4.69, 9.17) is 4.74 Å². The predicted octanol–water partition coefficient (Wildman–Crippen LogP) is 4.27. The Morgan fingerprint density at radius 3 is 2.56 bits per heavy atom. The second-order valence-electron chi connectivity index (χ2n) is 5.92. The number of carbonyl (C=O) groups is 2. The van der Waals surface area contributed by atoms with Crippen LogP contribution in [0, 0.1) is 26.6 Å². The largest absolute Gasteiger partial charge is 0.457 e. The molecule has 0 aliphatic rings. The highest BCUT2D eigenvalue weighted by atomic mass is 32.2. The van der Waals surface area contributed by atoms with Gasteiger partial charge in [0.05, 0.1) is 5.75 Å². The van der Waals surface area contributed by atoms with Crippen LogP contribution in [0.2, 0.25) is 0 Å². The van der Waals surface area contributed by atoms with E-state index in [9.17, 15) is 14.0 Å². The van der Waals surface area contributed by atoms with Crippen LogP contribution in [-0.4, -0.2) is 34.1 Å². The molecule has 0 atom stereocenters. The molecule has 8 heteroatoms. The molecular formula is C19H17FN2O3S2. The van der Waals surface area contributed by atoms with Gasteiger partial charge < -0.3 is 4.74 Å². The summed E-state index contributed by atoms with van der Waals surface area (Å²) in [4.78, 5) is 35.0. The van der Waals surface area contributed by atoms with Crippen LogP contribution in [0.25, 0.3) is 10.2 Å². The number of hydrogen-bond donors (Lipinski definition) is 0. The number of aromatic nitrogens is 2. The summed E-state index contributed by atoms with van der Waals surface area (Å²) in [6.45, 7) is 5.48. The van der Waals surface area contributed by atoms with Crippen LogP contribution in [-0.2, 0) is 9.53 Å². The van der Waals surface area contributed by atoms with Crippen molar-refractivity contribution >= 4 is 45.1 Å². The summed E-state index contributed by atoms with van der Waals surface area (Å²) >= 11 is 2.87. The minimum Gasteiger partial charge on any atom is -0.457 e. The summed E-state index contributed by atoms with van der Waals surface area (Å²) in [5, 5.41) is 1.70. The van der Waals surface area contributed by atoms with Crippen molar-refractivity contribution in [2.24, 2.45) is 0 Å². The standard InChI is InChI=1S/C19H17FN2O3S2/c1-10-11(2)27-19-17(10)18(21-12(3)22-19)26-9-16(24)25-8-15(23)13-4-6-14(20)7-5-13/h4-7H,8-9H2,1-3H3. The lowest BCUT2D eigenvalue weighted by molar-refractivity contribution is -0.139. The fourth-order valence-corrected chi connectivity index (χ4v) is 4.52. The van der Waals surface area contributed by atoms with E-state index >= 15 is 0 Å². The first kappa shape index (κ1) is 19.4. The van der Waals surface area contributed by atoms with Gasteiger partial charge in [-0.05, 0) is 50.6 Å². The molecule has 27 heavy (non-hydrogen) atoms. The van der Waals surface area contributed by atoms with Crippen molar-refractivity contribution in [3.63, 3.8) is 0 Å². The van der Waals surface area contributed by atoms with E-state index in [0.717, 1.165) is 20.8 Å². The summed E-state index contributed by atoms with van der Waals surface area (Å²) in [6, 6.07) is 5.11. The zero-order valence-electron chi connectivity index (χ0n) is 15.0. The minimum atomic E-state index is -0.510. The third-order valence-corrected chi connectivity index (χ3v) is 6.01. The summed E-state index contributed by atoms with van der Waals surface area (Å²) in [5.74, 6) is -0.629. The Kier molecular flexibility index (Phi) is 5.86. The van der Waals surface area contributed by atoms with Gasteiger partial charge >= 0.3 is 5.97 Å². The number of hydrogen-bond acceptors (Lipinski definition) is 7. The highest BCUT2D eigenvalue weighted by molar-refractivity contribution is 8.00. The molecule has 0 bridgehead atoms. The minimum absolute atomic E-state index is 0.0383. The number of ketones is 1.